The summed E-state index contributed by atoms with van der Waals surface area (Å²) in [5, 5.41) is 4.17. The molecule has 2 aliphatic rings. The Balaban J connectivity index is 1.73. The second-order valence-electron chi connectivity index (χ2n) is 6.42. The highest BCUT2D eigenvalue weighted by molar-refractivity contribution is 6.31. The van der Waals surface area contributed by atoms with E-state index in [1.807, 2.05) is 6.07 Å². The molecule has 1 aliphatic carbocycles. The second kappa shape index (κ2) is 6.64. The summed E-state index contributed by atoms with van der Waals surface area (Å²) in [6, 6.07) is 6.28. The first-order chi connectivity index (χ1) is 10.1. The third-order valence-electron chi connectivity index (χ3n) is 4.77. The molecule has 1 aromatic carbocycles. The van der Waals surface area contributed by atoms with Gasteiger partial charge in [-0.05, 0) is 56.8 Å². The van der Waals surface area contributed by atoms with Crippen LogP contribution in [0.15, 0.2) is 18.2 Å². The van der Waals surface area contributed by atoms with E-state index in [0.717, 1.165) is 18.7 Å². The van der Waals surface area contributed by atoms with Crippen LogP contribution in [0.1, 0.15) is 50.6 Å². The maximum atomic E-state index is 13.2. The van der Waals surface area contributed by atoms with Crippen LogP contribution >= 0.6 is 11.6 Å². The summed E-state index contributed by atoms with van der Waals surface area (Å²) in [6.45, 7) is 4.40. The quantitative estimate of drug-likeness (QED) is 0.879. The average Bonchev–Trinajstić information content (AvgIpc) is 3.30. The first kappa shape index (κ1) is 15.3. The van der Waals surface area contributed by atoms with Crippen molar-refractivity contribution >= 4 is 11.6 Å². The van der Waals surface area contributed by atoms with Crippen LogP contribution in [0, 0.1) is 5.82 Å². The maximum absolute atomic E-state index is 13.2. The zero-order valence-electron chi connectivity index (χ0n) is 12.6. The van der Waals surface area contributed by atoms with Gasteiger partial charge in [0.2, 0.25) is 0 Å². The molecule has 0 amide bonds. The number of nitrogens with zero attached hydrogens (tertiary/aromatic N) is 1. The molecule has 116 valence electrons. The van der Waals surface area contributed by atoms with Gasteiger partial charge < -0.3 is 5.32 Å². The van der Waals surface area contributed by atoms with Crippen LogP contribution in [0.2, 0.25) is 5.02 Å². The Bertz CT molecular complexity index is 484. The van der Waals surface area contributed by atoms with Gasteiger partial charge in [-0.3, -0.25) is 4.90 Å². The molecule has 1 saturated heterocycles. The number of halogens is 2. The number of rotatable bonds is 5. The van der Waals surface area contributed by atoms with Crippen molar-refractivity contribution in [3.63, 3.8) is 0 Å². The summed E-state index contributed by atoms with van der Waals surface area (Å²) in [4.78, 5) is 2.56. The molecular formula is C17H24ClFN2. The Morgan fingerprint density at radius 2 is 2.14 bits per heavy atom. The molecule has 4 heteroatoms. The number of piperidine rings is 1. The van der Waals surface area contributed by atoms with Gasteiger partial charge in [0.1, 0.15) is 5.82 Å². The van der Waals surface area contributed by atoms with Crippen LogP contribution in [0.25, 0.3) is 0 Å². The fourth-order valence-electron chi connectivity index (χ4n) is 3.38. The molecule has 1 heterocycles. The first-order valence-corrected chi connectivity index (χ1v) is 8.47. The predicted octanol–water partition coefficient (Wildman–Crippen LogP) is 4.15. The highest BCUT2D eigenvalue weighted by Gasteiger charge is 2.34. The van der Waals surface area contributed by atoms with Gasteiger partial charge in [0, 0.05) is 29.7 Å². The van der Waals surface area contributed by atoms with Crippen LogP contribution in [-0.4, -0.2) is 30.1 Å². The van der Waals surface area contributed by atoms with E-state index in [9.17, 15) is 4.39 Å². The Morgan fingerprint density at radius 1 is 1.33 bits per heavy atom. The molecule has 1 aromatic rings. The van der Waals surface area contributed by atoms with Crippen molar-refractivity contribution in [3.05, 3.63) is 34.6 Å². The largest absolute Gasteiger partial charge is 0.313 e. The number of hydrogen-bond acceptors (Lipinski definition) is 2. The topological polar surface area (TPSA) is 15.3 Å². The lowest BCUT2D eigenvalue weighted by atomic mass is 10.0. The van der Waals surface area contributed by atoms with Crippen molar-refractivity contribution in [2.75, 3.05) is 13.1 Å². The van der Waals surface area contributed by atoms with E-state index in [2.05, 4.69) is 17.1 Å². The van der Waals surface area contributed by atoms with E-state index in [-0.39, 0.29) is 11.9 Å². The van der Waals surface area contributed by atoms with Crippen molar-refractivity contribution < 1.29 is 4.39 Å². The summed E-state index contributed by atoms with van der Waals surface area (Å²) < 4.78 is 13.2. The number of benzene rings is 1. The first-order valence-electron chi connectivity index (χ1n) is 8.09. The maximum Gasteiger partial charge on any atom is 0.124 e. The molecule has 0 bridgehead atoms. The summed E-state index contributed by atoms with van der Waals surface area (Å²) in [7, 11) is 0. The normalized spacial score (nSPS) is 24.3. The molecule has 1 saturated carbocycles. The average molecular weight is 311 g/mol. The fraction of sp³-hybridized carbons (Fsp3) is 0.647. The van der Waals surface area contributed by atoms with E-state index in [0.29, 0.717) is 17.1 Å². The van der Waals surface area contributed by atoms with Crippen LogP contribution in [0.4, 0.5) is 4.39 Å². The number of hydrogen-bond donors (Lipinski definition) is 1. The van der Waals surface area contributed by atoms with Gasteiger partial charge in [-0.15, -0.1) is 0 Å². The van der Waals surface area contributed by atoms with Gasteiger partial charge >= 0.3 is 0 Å². The summed E-state index contributed by atoms with van der Waals surface area (Å²) >= 11 is 6.25. The molecule has 1 aliphatic heterocycles. The summed E-state index contributed by atoms with van der Waals surface area (Å²) in [6.07, 6.45) is 6.42. The van der Waals surface area contributed by atoms with Gasteiger partial charge in [-0.1, -0.05) is 24.1 Å². The highest BCUT2D eigenvalue weighted by atomic mass is 35.5. The minimum absolute atomic E-state index is 0.245. The van der Waals surface area contributed by atoms with Crippen LogP contribution in [0.5, 0.6) is 0 Å². The van der Waals surface area contributed by atoms with Crippen LogP contribution in [-0.2, 0) is 0 Å². The van der Waals surface area contributed by atoms with Crippen molar-refractivity contribution in [3.8, 4) is 0 Å². The molecule has 2 atom stereocenters. The van der Waals surface area contributed by atoms with Gasteiger partial charge in [0.15, 0.2) is 0 Å². The van der Waals surface area contributed by atoms with E-state index in [4.69, 9.17) is 11.6 Å². The van der Waals surface area contributed by atoms with Crippen LogP contribution in [0.3, 0.4) is 0 Å². The van der Waals surface area contributed by atoms with Crippen molar-refractivity contribution in [1.29, 1.82) is 0 Å². The standard InChI is InChI=1S/C17H24ClFN2/c1-12(16-8-5-13(19)10-17(16)18)21(15-6-7-15)11-14-4-2-3-9-20-14/h5,8,10,12,14-15,20H,2-4,6-7,9,11H2,1H3. The highest BCUT2D eigenvalue weighted by Crippen LogP contribution is 2.37. The molecule has 2 fully saturated rings. The summed E-state index contributed by atoms with van der Waals surface area (Å²) in [5.74, 6) is -0.261. The second-order valence-corrected chi connectivity index (χ2v) is 6.82. The molecule has 1 N–H and O–H groups in total. The number of nitrogens with one attached hydrogen (secondary N) is 1. The SMILES string of the molecule is CC(c1ccc(F)cc1Cl)N(CC1CCCCN1)C1CC1. The van der Waals surface area contributed by atoms with Crippen molar-refractivity contribution in [2.24, 2.45) is 0 Å². The lowest BCUT2D eigenvalue weighted by Gasteiger charge is -2.35. The molecular weight excluding hydrogens is 287 g/mol. The van der Waals surface area contributed by atoms with Crippen molar-refractivity contribution in [1.82, 2.24) is 10.2 Å². The van der Waals surface area contributed by atoms with E-state index in [1.165, 1.54) is 44.2 Å². The van der Waals surface area contributed by atoms with E-state index in [1.54, 1.807) is 0 Å². The zero-order chi connectivity index (χ0) is 14.8. The third kappa shape index (κ3) is 3.77. The molecule has 2 nitrogen and oxygen atoms in total. The lowest BCUT2D eigenvalue weighted by molar-refractivity contribution is 0.167. The smallest absolute Gasteiger partial charge is 0.124 e. The molecule has 0 aromatic heterocycles. The van der Waals surface area contributed by atoms with Crippen LogP contribution < -0.4 is 5.32 Å². The van der Waals surface area contributed by atoms with Crippen molar-refractivity contribution in [2.45, 2.75) is 57.2 Å². The minimum atomic E-state index is -0.261. The van der Waals surface area contributed by atoms with Gasteiger partial charge in [0.25, 0.3) is 0 Å². The Labute approximate surface area is 131 Å². The van der Waals surface area contributed by atoms with Gasteiger partial charge in [-0.2, -0.15) is 0 Å². The minimum Gasteiger partial charge on any atom is -0.313 e. The zero-order valence-corrected chi connectivity index (χ0v) is 13.4. The molecule has 21 heavy (non-hydrogen) atoms. The van der Waals surface area contributed by atoms with Gasteiger partial charge in [-0.25, -0.2) is 4.39 Å². The molecule has 3 rings (SSSR count). The molecule has 2 unspecified atom stereocenters. The predicted molar refractivity (Wildman–Crippen MR) is 85.2 cm³/mol. The summed E-state index contributed by atoms with van der Waals surface area (Å²) in [5.41, 5.74) is 1.04. The fourth-order valence-corrected chi connectivity index (χ4v) is 3.71. The lowest BCUT2D eigenvalue weighted by Crippen LogP contribution is -2.45. The monoisotopic (exact) mass is 310 g/mol. The van der Waals surface area contributed by atoms with Gasteiger partial charge in [0.05, 0.1) is 0 Å². The van der Waals surface area contributed by atoms with E-state index >= 15 is 0 Å². The Kier molecular flexibility index (Phi) is 4.82. The molecule has 0 spiro atoms. The third-order valence-corrected chi connectivity index (χ3v) is 5.10. The Hall–Kier alpha value is -0.640. The van der Waals surface area contributed by atoms with E-state index < -0.39 is 0 Å². The Morgan fingerprint density at radius 3 is 2.76 bits per heavy atom. The molecule has 0 radical (unpaired) electrons.